The van der Waals surface area contributed by atoms with Crippen LogP contribution in [0.15, 0.2) is 35.2 Å². The molecule has 0 fully saturated rings. The van der Waals surface area contributed by atoms with E-state index in [2.05, 4.69) is 60.7 Å². The van der Waals surface area contributed by atoms with Gasteiger partial charge in [-0.1, -0.05) is 38.1 Å². The minimum atomic E-state index is 0.356. The third kappa shape index (κ3) is 4.44. The van der Waals surface area contributed by atoms with Crippen molar-refractivity contribution < 1.29 is 0 Å². The first-order valence-corrected chi connectivity index (χ1v) is 7.78. The lowest BCUT2D eigenvalue weighted by molar-refractivity contribution is 0.568. The molecule has 0 aliphatic rings. The van der Waals surface area contributed by atoms with Gasteiger partial charge < -0.3 is 5.32 Å². The minimum Gasteiger partial charge on any atom is -0.305 e. The molecule has 1 atom stereocenters. The molecule has 1 aromatic heterocycles. The Balaban J connectivity index is 1.90. The van der Waals surface area contributed by atoms with Crippen LogP contribution in [0.25, 0.3) is 0 Å². The molecule has 2 aromatic rings. The minimum absolute atomic E-state index is 0.356. The molecule has 0 bridgehead atoms. The van der Waals surface area contributed by atoms with Crippen LogP contribution in [0, 0.1) is 5.92 Å². The highest BCUT2D eigenvalue weighted by Crippen LogP contribution is 2.16. The van der Waals surface area contributed by atoms with Crippen LogP contribution in [0.5, 0.6) is 0 Å². The monoisotopic (exact) mass is 274 g/mol. The molecule has 0 saturated carbocycles. The maximum absolute atomic E-state index is 4.28. The van der Waals surface area contributed by atoms with Gasteiger partial charge >= 0.3 is 0 Å². The molecule has 102 valence electrons. The first-order chi connectivity index (χ1) is 9.15. The van der Waals surface area contributed by atoms with Crippen molar-refractivity contribution in [1.82, 2.24) is 10.3 Å². The molecule has 2 nitrogen and oxygen atoms in total. The van der Waals surface area contributed by atoms with Crippen LogP contribution in [-0.2, 0) is 13.0 Å². The first kappa shape index (κ1) is 14.2. The molecular formula is C16H22N2S. The summed E-state index contributed by atoms with van der Waals surface area (Å²) in [5.74, 6) is 0.714. The molecule has 2 rings (SSSR count). The van der Waals surface area contributed by atoms with E-state index in [1.807, 2.05) is 5.51 Å². The Bertz CT molecular complexity index is 474. The molecule has 1 aromatic carbocycles. The van der Waals surface area contributed by atoms with E-state index in [4.69, 9.17) is 0 Å². The summed E-state index contributed by atoms with van der Waals surface area (Å²) in [7, 11) is 0. The Morgan fingerprint density at radius 3 is 2.47 bits per heavy atom. The van der Waals surface area contributed by atoms with Crippen LogP contribution in [0.1, 0.15) is 43.6 Å². The highest BCUT2D eigenvalue weighted by Gasteiger charge is 2.06. The molecule has 3 heteroatoms. The molecule has 1 heterocycles. The van der Waals surface area contributed by atoms with Crippen LogP contribution < -0.4 is 5.32 Å². The fraction of sp³-hybridized carbons (Fsp3) is 0.438. The van der Waals surface area contributed by atoms with E-state index in [0.717, 1.165) is 18.7 Å². The third-order valence-electron chi connectivity index (χ3n) is 3.20. The lowest BCUT2D eigenvalue weighted by atomic mass is 10.00. The maximum atomic E-state index is 4.28. The highest BCUT2D eigenvalue weighted by atomic mass is 32.1. The van der Waals surface area contributed by atoms with Gasteiger partial charge in [0.05, 0.1) is 11.2 Å². The molecule has 0 amide bonds. The largest absolute Gasteiger partial charge is 0.305 e. The van der Waals surface area contributed by atoms with Crippen LogP contribution in [-0.4, -0.2) is 4.98 Å². The number of rotatable bonds is 6. The van der Waals surface area contributed by atoms with Gasteiger partial charge in [-0.25, -0.2) is 4.98 Å². The zero-order valence-electron chi connectivity index (χ0n) is 11.9. The summed E-state index contributed by atoms with van der Waals surface area (Å²) in [6.07, 6.45) is 1.15. The molecule has 0 aliphatic carbocycles. The van der Waals surface area contributed by atoms with E-state index in [9.17, 15) is 0 Å². The van der Waals surface area contributed by atoms with Crippen molar-refractivity contribution in [2.45, 2.75) is 39.8 Å². The number of hydrogen-bond donors (Lipinski definition) is 1. The quantitative estimate of drug-likeness (QED) is 0.854. The Morgan fingerprint density at radius 2 is 1.89 bits per heavy atom. The predicted octanol–water partition coefficient (Wildman–Crippen LogP) is 4.19. The summed E-state index contributed by atoms with van der Waals surface area (Å²) in [6.45, 7) is 7.54. The molecule has 0 radical (unpaired) electrons. The predicted molar refractivity (Wildman–Crippen MR) is 82.4 cm³/mol. The molecule has 0 spiro atoms. The second-order valence-electron chi connectivity index (χ2n) is 5.42. The first-order valence-electron chi connectivity index (χ1n) is 6.84. The molecule has 1 unspecified atom stereocenters. The molecular weight excluding hydrogens is 252 g/mol. The van der Waals surface area contributed by atoms with E-state index >= 15 is 0 Å². The second-order valence-corrected chi connectivity index (χ2v) is 6.14. The van der Waals surface area contributed by atoms with Crippen molar-refractivity contribution in [2.24, 2.45) is 5.92 Å². The van der Waals surface area contributed by atoms with Gasteiger partial charge in [0.1, 0.15) is 0 Å². The van der Waals surface area contributed by atoms with Gasteiger partial charge in [0.2, 0.25) is 0 Å². The number of benzene rings is 1. The Morgan fingerprint density at radius 1 is 1.16 bits per heavy atom. The average Bonchev–Trinajstić information content (AvgIpc) is 2.89. The van der Waals surface area contributed by atoms with Gasteiger partial charge in [0.15, 0.2) is 0 Å². The van der Waals surface area contributed by atoms with Crippen molar-refractivity contribution >= 4 is 11.3 Å². The van der Waals surface area contributed by atoms with Crippen molar-refractivity contribution in [3.05, 3.63) is 52.0 Å². The van der Waals surface area contributed by atoms with Gasteiger partial charge in [-0.2, -0.15) is 0 Å². The normalized spacial score (nSPS) is 12.8. The molecule has 0 aliphatic heterocycles. The Labute approximate surface area is 119 Å². The summed E-state index contributed by atoms with van der Waals surface area (Å²) < 4.78 is 0. The van der Waals surface area contributed by atoms with Crippen molar-refractivity contribution in [1.29, 1.82) is 0 Å². The molecule has 19 heavy (non-hydrogen) atoms. The van der Waals surface area contributed by atoms with Crippen LogP contribution in [0.2, 0.25) is 0 Å². The van der Waals surface area contributed by atoms with Crippen molar-refractivity contribution in [3.8, 4) is 0 Å². The zero-order chi connectivity index (χ0) is 13.7. The van der Waals surface area contributed by atoms with E-state index in [-0.39, 0.29) is 0 Å². The fourth-order valence-electron chi connectivity index (χ4n) is 2.11. The Kier molecular flexibility index (Phi) is 5.11. The average molecular weight is 274 g/mol. The zero-order valence-corrected chi connectivity index (χ0v) is 12.7. The topological polar surface area (TPSA) is 24.9 Å². The van der Waals surface area contributed by atoms with Gasteiger partial charge in [0, 0.05) is 18.0 Å². The SMILES string of the molecule is CC(C)Cc1ccc(C(C)NCc2cscn2)cc1. The summed E-state index contributed by atoms with van der Waals surface area (Å²) in [5.41, 5.74) is 5.75. The molecule has 1 N–H and O–H groups in total. The lowest BCUT2D eigenvalue weighted by Gasteiger charge is -2.14. The number of nitrogens with zero attached hydrogens (tertiary/aromatic N) is 1. The van der Waals surface area contributed by atoms with E-state index in [1.54, 1.807) is 11.3 Å². The van der Waals surface area contributed by atoms with Gasteiger partial charge in [-0.15, -0.1) is 11.3 Å². The summed E-state index contributed by atoms with van der Waals surface area (Å²) in [5, 5.41) is 5.59. The number of thiazole rings is 1. The highest BCUT2D eigenvalue weighted by molar-refractivity contribution is 7.07. The van der Waals surface area contributed by atoms with E-state index in [0.29, 0.717) is 12.0 Å². The van der Waals surface area contributed by atoms with E-state index in [1.165, 1.54) is 11.1 Å². The van der Waals surface area contributed by atoms with E-state index < -0.39 is 0 Å². The van der Waals surface area contributed by atoms with Crippen molar-refractivity contribution in [2.75, 3.05) is 0 Å². The van der Waals surface area contributed by atoms with Crippen LogP contribution in [0.3, 0.4) is 0 Å². The van der Waals surface area contributed by atoms with Gasteiger partial charge in [-0.3, -0.25) is 0 Å². The smallest absolute Gasteiger partial charge is 0.0795 e. The summed E-state index contributed by atoms with van der Waals surface area (Å²) >= 11 is 1.64. The number of nitrogens with one attached hydrogen (secondary N) is 1. The fourth-order valence-corrected chi connectivity index (χ4v) is 2.67. The number of aromatic nitrogens is 1. The number of hydrogen-bond acceptors (Lipinski definition) is 3. The standard InChI is InChI=1S/C16H22N2S/c1-12(2)8-14-4-6-15(7-5-14)13(3)17-9-16-10-19-11-18-16/h4-7,10-13,17H,8-9H2,1-3H3. The van der Waals surface area contributed by atoms with Crippen molar-refractivity contribution in [3.63, 3.8) is 0 Å². The summed E-state index contributed by atoms with van der Waals surface area (Å²) in [6, 6.07) is 9.31. The van der Waals surface area contributed by atoms with Gasteiger partial charge in [-0.05, 0) is 30.4 Å². The Hall–Kier alpha value is -1.19. The second kappa shape index (κ2) is 6.83. The summed E-state index contributed by atoms with van der Waals surface area (Å²) in [4.78, 5) is 4.28. The van der Waals surface area contributed by atoms with Crippen LogP contribution >= 0.6 is 11.3 Å². The lowest BCUT2D eigenvalue weighted by Crippen LogP contribution is -2.18. The third-order valence-corrected chi connectivity index (χ3v) is 3.83. The molecule has 0 saturated heterocycles. The van der Waals surface area contributed by atoms with Crippen LogP contribution in [0.4, 0.5) is 0 Å². The van der Waals surface area contributed by atoms with Gasteiger partial charge in [0.25, 0.3) is 0 Å². The maximum Gasteiger partial charge on any atom is 0.0795 e.